The summed E-state index contributed by atoms with van der Waals surface area (Å²) in [5, 5.41) is 0.603. The van der Waals surface area contributed by atoms with Gasteiger partial charge in [-0.15, -0.1) is 0 Å². The Morgan fingerprint density at radius 2 is 1.82 bits per heavy atom. The van der Waals surface area contributed by atoms with Crippen molar-refractivity contribution in [2.24, 2.45) is 0 Å². The molecular weight excluding hydrogens is 296 g/mol. The SMILES string of the molecule is Nc1nc2c(Br)cc(-c3ccccc3)cc2s1. The second kappa shape index (κ2) is 4.13. The lowest BCUT2D eigenvalue weighted by Gasteiger charge is -2.02. The third-order valence-corrected chi connectivity index (χ3v) is 4.01. The maximum atomic E-state index is 5.73. The van der Waals surface area contributed by atoms with Gasteiger partial charge in [0.15, 0.2) is 5.13 Å². The fraction of sp³-hybridized carbons (Fsp3) is 0. The maximum absolute atomic E-state index is 5.73. The van der Waals surface area contributed by atoms with Gasteiger partial charge >= 0.3 is 0 Å². The summed E-state index contributed by atoms with van der Waals surface area (Å²) in [7, 11) is 0. The van der Waals surface area contributed by atoms with Crippen LogP contribution in [0.5, 0.6) is 0 Å². The second-order valence-electron chi connectivity index (χ2n) is 3.72. The average molecular weight is 305 g/mol. The molecule has 0 amide bonds. The first-order valence-corrected chi connectivity index (χ1v) is 6.76. The molecule has 0 saturated heterocycles. The molecule has 3 rings (SSSR count). The van der Waals surface area contributed by atoms with Crippen molar-refractivity contribution in [2.45, 2.75) is 0 Å². The Morgan fingerprint density at radius 3 is 2.59 bits per heavy atom. The van der Waals surface area contributed by atoms with E-state index in [0.29, 0.717) is 5.13 Å². The van der Waals surface area contributed by atoms with Crippen LogP contribution in [0, 0.1) is 0 Å². The molecule has 0 fully saturated rings. The molecule has 1 aromatic heterocycles. The fourth-order valence-electron chi connectivity index (χ4n) is 1.80. The van der Waals surface area contributed by atoms with E-state index in [1.54, 1.807) is 0 Å². The zero-order chi connectivity index (χ0) is 11.8. The predicted molar refractivity (Wildman–Crippen MR) is 77.2 cm³/mol. The van der Waals surface area contributed by atoms with E-state index in [2.05, 4.69) is 45.2 Å². The van der Waals surface area contributed by atoms with E-state index in [-0.39, 0.29) is 0 Å². The molecule has 0 spiro atoms. The molecule has 0 aliphatic heterocycles. The zero-order valence-electron chi connectivity index (χ0n) is 8.85. The summed E-state index contributed by atoms with van der Waals surface area (Å²) < 4.78 is 2.09. The van der Waals surface area contributed by atoms with Crippen LogP contribution in [-0.4, -0.2) is 4.98 Å². The summed E-state index contributed by atoms with van der Waals surface area (Å²) in [6.07, 6.45) is 0. The quantitative estimate of drug-likeness (QED) is 0.727. The summed E-state index contributed by atoms with van der Waals surface area (Å²) in [4.78, 5) is 4.30. The Bertz CT molecular complexity index is 676. The van der Waals surface area contributed by atoms with Gasteiger partial charge in [0.25, 0.3) is 0 Å². The zero-order valence-corrected chi connectivity index (χ0v) is 11.3. The molecule has 84 valence electrons. The minimum Gasteiger partial charge on any atom is -0.375 e. The highest BCUT2D eigenvalue weighted by molar-refractivity contribution is 9.10. The van der Waals surface area contributed by atoms with E-state index >= 15 is 0 Å². The van der Waals surface area contributed by atoms with Crippen LogP contribution in [0.15, 0.2) is 46.9 Å². The Labute approximate surface area is 111 Å². The minimum absolute atomic E-state index is 0.603. The molecular formula is C13H9BrN2S. The number of nitrogens with two attached hydrogens (primary N) is 1. The molecule has 1 heterocycles. The minimum atomic E-state index is 0.603. The molecule has 0 saturated carbocycles. The number of rotatable bonds is 1. The largest absolute Gasteiger partial charge is 0.375 e. The molecule has 2 N–H and O–H groups in total. The lowest BCUT2D eigenvalue weighted by molar-refractivity contribution is 1.48. The molecule has 0 radical (unpaired) electrons. The Morgan fingerprint density at radius 1 is 1.06 bits per heavy atom. The number of thiazole rings is 1. The third-order valence-electron chi connectivity index (χ3n) is 2.57. The number of anilines is 1. The highest BCUT2D eigenvalue weighted by Crippen LogP contribution is 2.34. The number of fused-ring (bicyclic) bond motifs is 1. The van der Waals surface area contributed by atoms with Gasteiger partial charge in [0, 0.05) is 4.47 Å². The predicted octanol–water partition coefficient (Wildman–Crippen LogP) is 4.31. The van der Waals surface area contributed by atoms with Gasteiger partial charge in [-0.25, -0.2) is 4.98 Å². The van der Waals surface area contributed by atoms with Gasteiger partial charge in [0.1, 0.15) is 0 Å². The topological polar surface area (TPSA) is 38.9 Å². The Balaban J connectivity index is 2.25. The standard InChI is InChI=1S/C13H9BrN2S/c14-10-6-9(8-4-2-1-3-5-8)7-11-12(10)16-13(15)17-11/h1-7H,(H2,15,16). The number of hydrogen-bond acceptors (Lipinski definition) is 3. The molecule has 3 aromatic rings. The molecule has 0 aliphatic rings. The number of nitrogen functional groups attached to an aromatic ring is 1. The van der Waals surface area contributed by atoms with Crippen molar-refractivity contribution in [3.05, 3.63) is 46.9 Å². The van der Waals surface area contributed by atoms with E-state index < -0.39 is 0 Å². The molecule has 0 atom stereocenters. The van der Waals surface area contributed by atoms with Crippen LogP contribution in [0.2, 0.25) is 0 Å². The van der Waals surface area contributed by atoms with Gasteiger partial charge in [0.05, 0.1) is 10.2 Å². The van der Waals surface area contributed by atoms with E-state index in [1.165, 1.54) is 22.5 Å². The Hall–Kier alpha value is -1.39. The first kappa shape index (κ1) is 10.7. The van der Waals surface area contributed by atoms with Crippen molar-refractivity contribution < 1.29 is 0 Å². The van der Waals surface area contributed by atoms with Crippen molar-refractivity contribution in [1.82, 2.24) is 4.98 Å². The summed E-state index contributed by atoms with van der Waals surface area (Å²) in [6, 6.07) is 14.5. The van der Waals surface area contributed by atoms with E-state index in [9.17, 15) is 0 Å². The van der Waals surface area contributed by atoms with Crippen molar-refractivity contribution in [2.75, 3.05) is 5.73 Å². The number of halogens is 1. The fourth-order valence-corrected chi connectivity index (χ4v) is 3.28. The highest BCUT2D eigenvalue weighted by Gasteiger charge is 2.08. The summed E-state index contributed by atoms with van der Waals surface area (Å²) in [5.41, 5.74) is 9.04. The first-order chi connectivity index (χ1) is 8.24. The second-order valence-corrected chi connectivity index (χ2v) is 5.64. The van der Waals surface area contributed by atoms with E-state index in [0.717, 1.165) is 14.7 Å². The van der Waals surface area contributed by atoms with Crippen LogP contribution in [0.3, 0.4) is 0 Å². The van der Waals surface area contributed by atoms with Gasteiger partial charge < -0.3 is 5.73 Å². The summed E-state index contributed by atoms with van der Waals surface area (Å²) >= 11 is 5.06. The smallest absolute Gasteiger partial charge is 0.181 e. The molecule has 2 nitrogen and oxygen atoms in total. The monoisotopic (exact) mass is 304 g/mol. The van der Waals surface area contributed by atoms with Crippen LogP contribution >= 0.6 is 27.3 Å². The van der Waals surface area contributed by atoms with Gasteiger partial charge in [-0.1, -0.05) is 41.7 Å². The average Bonchev–Trinajstić information content (AvgIpc) is 2.71. The van der Waals surface area contributed by atoms with Crippen LogP contribution < -0.4 is 5.73 Å². The van der Waals surface area contributed by atoms with Crippen LogP contribution in [-0.2, 0) is 0 Å². The summed E-state index contributed by atoms with van der Waals surface area (Å²) in [5.74, 6) is 0. The normalized spacial score (nSPS) is 10.9. The van der Waals surface area contributed by atoms with Crippen LogP contribution in [0.1, 0.15) is 0 Å². The third kappa shape index (κ3) is 1.94. The van der Waals surface area contributed by atoms with E-state index in [4.69, 9.17) is 5.73 Å². The number of hydrogen-bond donors (Lipinski definition) is 1. The molecule has 4 heteroatoms. The van der Waals surface area contributed by atoms with Crippen molar-refractivity contribution in [3.8, 4) is 11.1 Å². The number of aromatic nitrogens is 1. The molecule has 0 unspecified atom stereocenters. The maximum Gasteiger partial charge on any atom is 0.181 e. The van der Waals surface area contributed by atoms with Gasteiger partial charge in [-0.3, -0.25) is 0 Å². The van der Waals surface area contributed by atoms with Crippen molar-refractivity contribution in [1.29, 1.82) is 0 Å². The van der Waals surface area contributed by atoms with Gasteiger partial charge in [0.2, 0.25) is 0 Å². The van der Waals surface area contributed by atoms with Crippen LogP contribution in [0.25, 0.3) is 21.3 Å². The molecule has 2 aromatic carbocycles. The van der Waals surface area contributed by atoms with Gasteiger partial charge in [-0.05, 0) is 39.2 Å². The van der Waals surface area contributed by atoms with Crippen LogP contribution in [0.4, 0.5) is 5.13 Å². The van der Waals surface area contributed by atoms with Crippen molar-refractivity contribution >= 4 is 42.6 Å². The number of benzene rings is 2. The highest BCUT2D eigenvalue weighted by atomic mass is 79.9. The lowest BCUT2D eigenvalue weighted by Crippen LogP contribution is -1.81. The molecule has 0 bridgehead atoms. The van der Waals surface area contributed by atoms with Crippen molar-refractivity contribution in [3.63, 3.8) is 0 Å². The molecule has 17 heavy (non-hydrogen) atoms. The molecule has 0 aliphatic carbocycles. The lowest BCUT2D eigenvalue weighted by atomic mass is 10.1. The number of nitrogens with zero attached hydrogens (tertiary/aromatic N) is 1. The Kier molecular flexibility index (Phi) is 2.61. The van der Waals surface area contributed by atoms with E-state index in [1.807, 2.05) is 18.2 Å². The summed E-state index contributed by atoms with van der Waals surface area (Å²) in [6.45, 7) is 0. The first-order valence-electron chi connectivity index (χ1n) is 5.15. The van der Waals surface area contributed by atoms with Gasteiger partial charge in [-0.2, -0.15) is 0 Å².